The van der Waals surface area contributed by atoms with Crippen molar-refractivity contribution in [3.63, 3.8) is 0 Å². The van der Waals surface area contributed by atoms with Crippen molar-refractivity contribution in [2.24, 2.45) is 11.8 Å². The van der Waals surface area contributed by atoms with E-state index < -0.39 is 29.4 Å². The monoisotopic (exact) mass is 562 g/mol. The Labute approximate surface area is 243 Å². The maximum absolute atomic E-state index is 14.0. The predicted molar refractivity (Wildman–Crippen MR) is 162 cm³/mol. The highest BCUT2D eigenvalue weighted by molar-refractivity contribution is 6.10. The Kier molecular flexibility index (Phi) is 6.20. The van der Waals surface area contributed by atoms with E-state index in [1.54, 1.807) is 0 Å². The third-order valence-corrected chi connectivity index (χ3v) is 9.48. The number of carboxylic acid groups (broad SMARTS) is 1. The van der Waals surface area contributed by atoms with Crippen molar-refractivity contribution < 1.29 is 19.5 Å². The molecule has 214 valence electrons. The second-order valence-electron chi connectivity index (χ2n) is 11.7. The number of unbranched alkanes of at least 4 members (excludes halogenated alkanes) is 1. The van der Waals surface area contributed by atoms with E-state index in [0.717, 1.165) is 56.8 Å². The number of rotatable bonds is 8. The Hall–Kier alpha value is -4.43. The number of carbonyl (C=O) groups excluding carboxylic acids is 2. The van der Waals surface area contributed by atoms with E-state index in [9.17, 15) is 19.5 Å². The van der Waals surface area contributed by atoms with Crippen LogP contribution >= 0.6 is 0 Å². The molecule has 42 heavy (non-hydrogen) atoms. The number of amides is 2. The molecule has 4 atom stereocenters. The minimum absolute atomic E-state index is 0.0715. The Morgan fingerprint density at radius 1 is 0.929 bits per heavy atom. The second-order valence-corrected chi connectivity index (χ2v) is 11.7. The molecule has 2 aliphatic rings. The number of aromatic amines is 1. The molecule has 3 N–H and O–H groups in total. The van der Waals surface area contributed by atoms with E-state index >= 15 is 0 Å². The van der Waals surface area contributed by atoms with Crippen molar-refractivity contribution in [2.45, 2.75) is 51.2 Å². The minimum Gasteiger partial charge on any atom is -0.480 e. The zero-order valence-electron chi connectivity index (χ0n) is 23.8. The zero-order chi connectivity index (χ0) is 29.2. The summed E-state index contributed by atoms with van der Waals surface area (Å²) < 4.78 is 2.26. The van der Waals surface area contributed by atoms with Crippen LogP contribution in [0.15, 0.2) is 72.9 Å². The number of carbonyl (C=O) groups is 3. The van der Waals surface area contributed by atoms with Crippen molar-refractivity contribution in [3.8, 4) is 0 Å². The van der Waals surface area contributed by atoms with Gasteiger partial charge in [-0.15, -0.1) is 0 Å². The van der Waals surface area contributed by atoms with Crippen molar-refractivity contribution >= 4 is 50.5 Å². The van der Waals surface area contributed by atoms with Gasteiger partial charge in [0, 0.05) is 64.5 Å². The van der Waals surface area contributed by atoms with Gasteiger partial charge in [0.2, 0.25) is 11.8 Å². The van der Waals surface area contributed by atoms with Gasteiger partial charge in [-0.3, -0.25) is 24.6 Å². The quantitative estimate of drug-likeness (QED) is 0.219. The summed E-state index contributed by atoms with van der Waals surface area (Å²) in [5.41, 5.74) is 3.07. The van der Waals surface area contributed by atoms with E-state index in [-0.39, 0.29) is 18.2 Å². The van der Waals surface area contributed by atoms with E-state index in [1.165, 1.54) is 4.90 Å². The molecule has 0 radical (unpaired) electrons. The van der Waals surface area contributed by atoms with Crippen LogP contribution in [0.5, 0.6) is 0 Å². The first-order valence-corrected chi connectivity index (χ1v) is 14.8. The van der Waals surface area contributed by atoms with Gasteiger partial charge in [-0.05, 0) is 48.7 Å². The van der Waals surface area contributed by atoms with Gasteiger partial charge < -0.3 is 14.7 Å². The topological polar surface area (TPSA) is 107 Å². The molecule has 2 aromatic heterocycles. The van der Waals surface area contributed by atoms with Crippen LogP contribution in [0.3, 0.4) is 0 Å². The van der Waals surface area contributed by atoms with Crippen molar-refractivity contribution in [2.75, 3.05) is 6.54 Å². The number of carboxylic acids is 1. The highest BCUT2D eigenvalue weighted by atomic mass is 16.4. The molecule has 2 amide bonds. The molecule has 0 bridgehead atoms. The number of benzene rings is 3. The van der Waals surface area contributed by atoms with Gasteiger partial charge in [0.25, 0.3) is 0 Å². The predicted octanol–water partition coefficient (Wildman–Crippen LogP) is 5.41. The van der Waals surface area contributed by atoms with Crippen molar-refractivity contribution in [1.82, 2.24) is 19.8 Å². The lowest BCUT2D eigenvalue weighted by molar-refractivity contribution is -0.151. The summed E-state index contributed by atoms with van der Waals surface area (Å²) in [6.45, 7) is 5.24. The molecule has 5 aromatic rings. The standard InChI is InChI=1S/C34H34N4O4/c1-3-5-16-38-31(39)28-29(32(38)40)34(33(41)42,18-21-19-35-25-12-8-6-10-22(21)25)36-30(28)20-14-15-27-24(17-20)23-11-7-9-13-26(23)37(27)4-2/h6-15,17,19,28-30,35-36H,3-5,16,18H2,1-2H3,(H,41,42). The minimum atomic E-state index is -1.65. The number of hydrogen-bond donors (Lipinski definition) is 3. The summed E-state index contributed by atoms with van der Waals surface area (Å²) in [6, 6.07) is 21.5. The van der Waals surface area contributed by atoms with E-state index in [2.05, 4.69) is 46.1 Å². The molecule has 8 heteroatoms. The van der Waals surface area contributed by atoms with Crippen LogP contribution in [0.4, 0.5) is 0 Å². The molecule has 0 aliphatic carbocycles. The van der Waals surface area contributed by atoms with Gasteiger partial charge in [-0.1, -0.05) is 55.8 Å². The smallest absolute Gasteiger partial charge is 0.325 e. The number of nitrogens with zero attached hydrogens (tertiary/aromatic N) is 2. The summed E-state index contributed by atoms with van der Waals surface area (Å²) in [6.07, 6.45) is 3.40. The highest BCUT2D eigenvalue weighted by Crippen LogP contribution is 2.51. The average Bonchev–Trinajstić information content (AvgIpc) is 3.72. The maximum atomic E-state index is 14.0. The molecule has 7 rings (SSSR count). The molecule has 0 spiro atoms. The lowest BCUT2D eigenvalue weighted by Gasteiger charge is -2.31. The molecule has 3 aromatic carbocycles. The number of aliphatic carboxylic acids is 1. The number of para-hydroxylation sites is 2. The van der Waals surface area contributed by atoms with Gasteiger partial charge in [0.1, 0.15) is 5.54 Å². The van der Waals surface area contributed by atoms with Crippen LogP contribution in [0.1, 0.15) is 43.9 Å². The van der Waals surface area contributed by atoms with Crippen molar-refractivity contribution in [1.29, 1.82) is 0 Å². The molecule has 4 unspecified atom stereocenters. The molecule has 4 heterocycles. The second kappa shape index (κ2) is 9.84. The molecule has 8 nitrogen and oxygen atoms in total. The van der Waals surface area contributed by atoms with Crippen LogP contribution < -0.4 is 5.32 Å². The Bertz CT molecular complexity index is 1890. The molecular formula is C34H34N4O4. The van der Waals surface area contributed by atoms with Gasteiger partial charge >= 0.3 is 5.97 Å². The number of imide groups is 1. The lowest BCUT2D eigenvalue weighted by Crippen LogP contribution is -2.57. The van der Waals surface area contributed by atoms with E-state index in [1.807, 2.05) is 55.6 Å². The van der Waals surface area contributed by atoms with E-state index in [0.29, 0.717) is 13.0 Å². The number of likely N-dealkylation sites (tertiary alicyclic amines) is 1. The molecule has 2 saturated heterocycles. The maximum Gasteiger partial charge on any atom is 0.325 e. The molecule has 2 fully saturated rings. The summed E-state index contributed by atoms with van der Waals surface area (Å²) in [5.74, 6) is -3.63. The summed E-state index contributed by atoms with van der Waals surface area (Å²) >= 11 is 0. The first-order valence-electron chi connectivity index (χ1n) is 14.8. The average molecular weight is 563 g/mol. The van der Waals surface area contributed by atoms with Crippen LogP contribution in [0.25, 0.3) is 32.7 Å². The van der Waals surface area contributed by atoms with Crippen LogP contribution in [-0.4, -0.2) is 49.4 Å². The number of H-pyrrole nitrogens is 1. The van der Waals surface area contributed by atoms with Gasteiger partial charge in [-0.2, -0.15) is 0 Å². The fourth-order valence-electron chi connectivity index (χ4n) is 7.50. The molecule has 0 saturated carbocycles. The largest absolute Gasteiger partial charge is 0.480 e. The fourth-order valence-corrected chi connectivity index (χ4v) is 7.50. The highest BCUT2D eigenvalue weighted by Gasteiger charge is 2.68. The molecule has 2 aliphatic heterocycles. The summed E-state index contributed by atoms with van der Waals surface area (Å²) in [4.78, 5) is 45.9. The lowest BCUT2D eigenvalue weighted by atomic mass is 9.76. The first kappa shape index (κ1) is 26.5. The van der Waals surface area contributed by atoms with Crippen molar-refractivity contribution in [3.05, 3.63) is 84.1 Å². The number of fused-ring (bicyclic) bond motifs is 5. The van der Waals surface area contributed by atoms with E-state index in [4.69, 9.17) is 0 Å². The van der Waals surface area contributed by atoms with Crippen LogP contribution in [0, 0.1) is 11.8 Å². The fraction of sp³-hybridized carbons (Fsp3) is 0.324. The zero-order valence-corrected chi connectivity index (χ0v) is 23.8. The number of aryl methyl sites for hydroxylation is 1. The van der Waals surface area contributed by atoms with Gasteiger partial charge in [0.15, 0.2) is 0 Å². The SMILES string of the molecule is CCCCN1C(=O)C2C(c3ccc4c(c3)c3ccccc3n4CC)NC(Cc3c[nH]c4ccccc34)(C(=O)O)C2C1=O. The Morgan fingerprint density at radius 2 is 1.67 bits per heavy atom. The van der Waals surface area contributed by atoms with Crippen LogP contribution in [-0.2, 0) is 27.3 Å². The number of aromatic nitrogens is 2. The first-order chi connectivity index (χ1) is 20.4. The van der Waals surface area contributed by atoms with Gasteiger partial charge in [0.05, 0.1) is 11.8 Å². The third-order valence-electron chi connectivity index (χ3n) is 9.48. The molecular weight excluding hydrogens is 528 g/mol. The normalized spacial score (nSPS) is 24.0. The summed E-state index contributed by atoms with van der Waals surface area (Å²) in [7, 11) is 0. The number of nitrogens with one attached hydrogen (secondary N) is 2. The Balaban J connectivity index is 1.39. The van der Waals surface area contributed by atoms with Gasteiger partial charge in [-0.25, -0.2) is 0 Å². The Morgan fingerprint density at radius 3 is 2.43 bits per heavy atom. The number of hydrogen-bond acceptors (Lipinski definition) is 4. The van der Waals surface area contributed by atoms with Crippen LogP contribution in [0.2, 0.25) is 0 Å². The summed E-state index contributed by atoms with van der Waals surface area (Å²) in [5, 5.41) is 17.4. The third kappa shape index (κ3) is 3.67.